The molecule has 0 unspecified atom stereocenters. The number of nitrogens with one attached hydrogen (secondary N) is 1. The number of pyridine rings is 1. The molecular formula is C12H11ClN2O3S. The zero-order valence-electron chi connectivity index (χ0n) is 9.96. The van der Waals surface area contributed by atoms with E-state index in [1.54, 1.807) is 6.92 Å². The maximum Gasteiger partial charge on any atom is 0.264 e. The van der Waals surface area contributed by atoms with E-state index in [1.165, 1.54) is 36.7 Å². The van der Waals surface area contributed by atoms with Crippen molar-refractivity contribution in [2.75, 3.05) is 4.72 Å². The maximum atomic E-state index is 12.1. The molecular weight excluding hydrogens is 288 g/mol. The van der Waals surface area contributed by atoms with Crippen molar-refractivity contribution in [1.29, 1.82) is 0 Å². The Balaban J connectivity index is 2.37. The molecule has 0 aliphatic rings. The van der Waals surface area contributed by atoms with Gasteiger partial charge in [0.05, 0.1) is 5.02 Å². The number of aromatic hydroxyl groups is 1. The molecule has 7 heteroatoms. The fourth-order valence-corrected chi connectivity index (χ4v) is 2.97. The molecule has 0 saturated carbocycles. The number of phenolic OH excluding ortho intramolecular Hbond substituents is 1. The molecule has 5 nitrogen and oxygen atoms in total. The van der Waals surface area contributed by atoms with E-state index in [0.29, 0.717) is 11.3 Å². The summed E-state index contributed by atoms with van der Waals surface area (Å²) in [6, 6.07) is 5.80. The van der Waals surface area contributed by atoms with Gasteiger partial charge in [-0.2, -0.15) is 0 Å². The minimum absolute atomic E-state index is 0.0950. The summed E-state index contributed by atoms with van der Waals surface area (Å²) in [6.07, 6.45) is 2.59. The summed E-state index contributed by atoms with van der Waals surface area (Å²) in [6.45, 7) is 1.67. The van der Waals surface area contributed by atoms with Crippen molar-refractivity contribution in [3.05, 3.63) is 47.2 Å². The Morgan fingerprint density at radius 2 is 2.05 bits per heavy atom. The number of aryl methyl sites for hydroxylation is 1. The Labute approximate surface area is 115 Å². The lowest BCUT2D eigenvalue weighted by molar-refractivity contribution is 0.471. The van der Waals surface area contributed by atoms with E-state index in [1.807, 2.05) is 0 Å². The van der Waals surface area contributed by atoms with Crippen LogP contribution in [0.1, 0.15) is 5.56 Å². The van der Waals surface area contributed by atoms with Crippen LogP contribution in [0, 0.1) is 6.92 Å². The zero-order valence-corrected chi connectivity index (χ0v) is 11.5. The first-order valence-corrected chi connectivity index (χ1v) is 7.18. The number of hydrogen-bond acceptors (Lipinski definition) is 4. The largest absolute Gasteiger partial charge is 0.508 e. The standard InChI is InChI=1S/C12H11ClN2O3S/c1-8-6-9(2-3-11(8)16)15-19(17,18)12-7-14-5-4-10(12)13/h2-7,15-16H,1H3. The molecule has 0 radical (unpaired) electrons. The summed E-state index contributed by atoms with van der Waals surface area (Å²) < 4.78 is 26.6. The van der Waals surface area contributed by atoms with Gasteiger partial charge in [0.15, 0.2) is 0 Å². The van der Waals surface area contributed by atoms with E-state index in [0.717, 1.165) is 0 Å². The summed E-state index contributed by atoms with van der Waals surface area (Å²) >= 11 is 5.83. The molecule has 0 amide bonds. The zero-order chi connectivity index (χ0) is 14.0. The molecule has 0 spiro atoms. The van der Waals surface area contributed by atoms with Crippen molar-refractivity contribution in [2.24, 2.45) is 0 Å². The second kappa shape index (κ2) is 5.07. The first-order chi connectivity index (χ1) is 8.90. The number of sulfonamides is 1. The summed E-state index contributed by atoms with van der Waals surface area (Å²) in [5.41, 5.74) is 0.910. The highest BCUT2D eigenvalue weighted by Crippen LogP contribution is 2.25. The van der Waals surface area contributed by atoms with Gasteiger partial charge < -0.3 is 5.11 Å². The van der Waals surface area contributed by atoms with Gasteiger partial charge in [0.25, 0.3) is 10.0 Å². The van der Waals surface area contributed by atoms with E-state index >= 15 is 0 Å². The fraction of sp³-hybridized carbons (Fsp3) is 0.0833. The minimum Gasteiger partial charge on any atom is -0.508 e. The number of nitrogens with zero attached hydrogens (tertiary/aromatic N) is 1. The predicted octanol–water partition coefficient (Wildman–Crippen LogP) is 2.55. The van der Waals surface area contributed by atoms with Gasteiger partial charge in [-0.25, -0.2) is 8.42 Å². The maximum absolute atomic E-state index is 12.1. The van der Waals surface area contributed by atoms with Gasteiger partial charge in [0, 0.05) is 18.1 Å². The summed E-state index contributed by atoms with van der Waals surface area (Å²) in [5, 5.41) is 9.49. The lowest BCUT2D eigenvalue weighted by atomic mass is 10.2. The van der Waals surface area contributed by atoms with Crippen LogP contribution in [-0.4, -0.2) is 18.5 Å². The van der Waals surface area contributed by atoms with Crippen molar-refractivity contribution < 1.29 is 13.5 Å². The van der Waals surface area contributed by atoms with Crippen molar-refractivity contribution in [3.63, 3.8) is 0 Å². The Kier molecular flexibility index (Phi) is 3.64. The second-order valence-corrected chi connectivity index (χ2v) is 5.97. The summed E-state index contributed by atoms with van der Waals surface area (Å²) in [7, 11) is -3.80. The molecule has 100 valence electrons. The van der Waals surface area contributed by atoms with Gasteiger partial charge in [-0.15, -0.1) is 0 Å². The van der Waals surface area contributed by atoms with E-state index in [4.69, 9.17) is 11.6 Å². The third-order valence-electron chi connectivity index (χ3n) is 2.47. The van der Waals surface area contributed by atoms with E-state index in [9.17, 15) is 13.5 Å². The van der Waals surface area contributed by atoms with Gasteiger partial charge in [-0.3, -0.25) is 9.71 Å². The summed E-state index contributed by atoms with van der Waals surface area (Å²) in [4.78, 5) is 3.65. The topological polar surface area (TPSA) is 79.3 Å². The first-order valence-electron chi connectivity index (χ1n) is 5.32. The highest BCUT2D eigenvalue weighted by atomic mass is 35.5. The third-order valence-corrected chi connectivity index (χ3v) is 4.32. The Hall–Kier alpha value is -1.79. The first kappa shape index (κ1) is 13.6. The number of benzene rings is 1. The number of hydrogen-bond donors (Lipinski definition) is 2. The third kappa shape index (κ3) is 2.97. The van der Waals surface area contributed by atoms with Crippen LogP contribution < -0.4 is 4.72 Å². The van der Waals surface area contributed by atoms with Crippen molar-refractivity contribution in [2.45, 2.75) is 11.8 Å². The lowest BCUT2D eigenvalue weighted by Gasteiger charge is -2.10. The van der Waals surface area contributed by atoms with Crippen molar-refractivity contribution in [3.8, 4) is 5.75 Å². The Bertz CT molecular complexity index is 717. The number of anilines is 1. The van der Waals surface area contributed by atoms with Crippen LogP contribution in [0.2, 0.25) is 5.02 Å². The van der Waals surface area contributed by atoms with Gasteiger partial charge in [-0.05, 0) is 36.8 Å². The highest BCUT2D eigenvalue weighted by Gasteiger charge is 2.18. The molecule has 2 aromatic rings. The molecule has 19 heavy (non-hydrogen) atoms. The number of aromatic nitrogens is 1. The molecule has 1 aromatic heterocycles. The number of phenols is 1. The highest BCUT2D eigenvalue weighted by molar-refractivity contribution is 7.92. The Morgan fingerprint density at radius 1 is 1.32 bits per heavy atom. The van der Waals surface area contributed by atoms with Crippen LogP contribution in [0.5, 0.6) is 5.75 Å². The van der Waals surface area contributed by atoms with Crippen LogP contribution >= 0.6 is 11.6 Å². The van der Waals surface area contributed by atoms with Gasteiger partial charge in [-0.1, -0.05) is 11.6 Å². The molecule has 0 bridgehead atoms. The molecule has 0 atom stereocenters. The molecule has 0 fully saturated rings. The molecule has 2 rings (SSSR count). The average molecular weight is 299 g/mol. The monoisotopic (exact) mass is 298 g/mol. The predicted molar refractivity (Wildman–Crippen MR) is 72.9 cm³/mol. The average Bonchev–Trinajstić information content (AvgIpc) is 2.34. The van der Waals surface area contributed by atoms with Crippen LogP contribution in [-0.2, 0) is 10.0 Å². The molecule has 0 aliphatic carbocycles. The SMILES string of the molecule is Cc1cc(NS(=O)(=O)c2cnccc2Cl)ccc1O. The molecule has 0 aliphatic heterocycles. The fourth-order valence-electron chi connectivity index (χ4n) is 1.49. The number of halogens is 1. The van der Waals surface area contributed by atoms with E-state index in [-0.39, 0.29) is 15.7 Å². The van der Waals surface area contributed by atoms with Gasteiger partial charge in [0.2, 0.25) is 0 Å². The van der Waals surface area contributed by atoms with Gasteiger partial charge in [0.1, 0.15) is 10.6 Å². The molecule has 1 heterocycles. The Morgan fingerprint density at radius 3 is 2.68 bits per heavy atom. The lowest BCUT2D eigenvalue weighted by Crippen LogP contribution is -2.13. The molecule has 1 aromatic carbocycles. The second-order valence-electron chi connectivity index (χ2n) is 3.91. The van der Waals surface area contributed by atoms with Crippen LogP contribution in [0.3, 0.4) is 0 Å². The van der Waals surface area contributed by atoms with Crippen molar-refractivity contribution >= 4 is 27.3 Å². The number of rotatable bonds is 3. The van der Waals surface area contributed by atoms with Crippen LogP contribution in [0.25, 0.3) is 0 Å². The van der Waals surface area contributed by atoms with Crippen molar-refractivity contribution in [1.82, 2.24) is 4.98 Å². The van der Waals surface area contributed by atoms with Crippen LogP contribution in [0.15, 0.2) is 41.6 Å². The quantitative estimate of drug-likeness (QED) is 0.854. The molecule has 2 N–H and O–H groups in total. The van der Waals surface area contributed by atoms with Gasteiger partial charge >= 0.3 is 0 Å². The minimum atomic E-state index is -3.80. The normalized spacial score (nSPS) is 11.3. The summed E-state index contributed by atoms with van der Waals surface area (Å²) in [5.74, 6) is 0.0994. The van der Waals surface area contributed by atoms with E-state index < -0.39 is 10.0 Å². The molecule has 0 saturated heterocycles. The van der Waals surface area contributed by atoms with E-state index in [2.05, 4.69) is 9.71 Å². The smallest absolute Gasteiger partial charge is 0.264 e. The van der Waals surface area contributed by atoms with Crippen LogP contribution in [0.4, 0.5) is 5.69 Å².